The summed E-state index contributed by atoms with van der Waals surface area (Å²) in [6.45, 7) is 6.25. The van der Waals surface area contributed by atoms with Gasteiger partial charge in [0.2, 0.25) is 5.91 Å². The highest BCUT2D eigenvalue weighted by atomic mass is 16.1. The van der Waals surface area contributed by atoms with Gasteiger partial charge in [0.15, 0.2) is 0 Å². The van der Waals surface area contributed by atoms with Crippen molar-refractivity contribution in [1.82, 2.24) is 10.3 Å². The van der Waals surface area contributed by atoms with Gasteiger partial charge in [0, 0.05) is 23.6 Å². The Bertz CT molecular complexity index is 637. The lowest BCUT2D eigenvalue weighted by atomic mass is 10.1. The molecule has 0 bridgehead atoms. The number of rotatable bonds is 6. The summed E-state index contributed by atoms with van der Waals surface area (Å²) in [4.78, 5) is 15.0. The monoisotopic (exact) mass is 268 g/mol. The lowest BCUT2D eigenvalue weighted by molar-refractivity contribution is -0.120. The van der Waals surface area contributed by atoms with E-state index in [1.807, 2.05) is 31.3 Å². The SMILES string of the molecule is C=C/C(=C\C)CC(=O)NCCc1c[nH]c2ccccc12. The average Bonchev–Trinajstić information content (AvgIpc) is 2.88. The number of nitrogens with one attached hydrogen (secondary N) is 2. The number of aromatic amines is 1. The van der Waals surface area contributed by atoms with E-state index in [4.69, 9.17) is 0 Å². The number of amides is 1. The minimum atomic E-state index is 0.0397. The number of allylic oxidation sites excluding steroid dienone is 2. The van der Waals surface area contributed by atoms with E-state index in [0.717, 1.165) is 17.5 Å². The maximum absolute atomic E-state index is 11.8. The number of carbonyl (C=O) groups is 1. The van der Waals surface area contributed by atoms with Crippen molar-refractivity contribution in [2.45, 2.75) is 19.8 Å². The maximum atomic E-state index is 11.8. The molecule has 0 unspecified atom stereocenters. The van der Waals surface area contributed by atoms with Crippen LogP contribution in [0.25, 0.3) is 10.9 Å². The minimum Gasteiger partial charge on any atom is -0.361 e. The summed E-state index contributed by atoms with van der Waals surface area (Å²) >= 11 is 0. The molecule has 0 saturated carbocycles. The fourth-order valence-corrected chi connectivity index (χ4v) is 2.22. The molecular formula is C17H20N2O. The molecule has 1 amide bonds. The number of H-pyrrole nitrogens is 1. The molecule has 2 aromatic rings. The van der Waals surface area contributed by atoms with Crippen molar-refractivity contribution in [2.75, 3.05) is 6.54 Å². The van der Waals surface area contributed by atoms with Crippen LogP contribution in [0, 0.1) is 0 Å². The van der Waals surface area contributed by atoms with Crippen molar-refractivity contribution in [1.29, 1.82) is 0 Å². The van der Waals surface area contributed by atoms with E-state index >= 15 is 0 Å². The molecule has 1 aromatic heterocycles. The predicted molar refractivity (Wildman–Crippen MR) is 83.6 cm³/mol. The van der Waals surface area contributed by atoms with Crippen LogP contribution in [0.3, 0.4) is 0 Å². The molecule has 0 saturated heterocycles. The number of hydrogen-bond acceptors (Lipinski definition) is 1. The van der Waals surface area contributed by atoms with Gasteiger partial charge < -0.3 is 10.3 Å². The summed E-state index contributed by atoms with van der Waals surface area (Å²) in [7, 11) is 0. The Kier molecular flexibility index (Phi) is 4.77. The molecule has 0 fully saturated rings. The van der Waals surface area contributed by atoms with Crippen LogP contribution in [0.4, 0.5) is 0 Å². The number of fused-ring (bicyclic) bond motifs is 1. The third kappa shape index (κ3) is 3.38. The van der Waals surface area contributed by atoms with Gasteiger partial charge in [-0.1, -0.05) is 36.9 Å². The van der Waals surface area contributed by atoms with Gasteiger partial charge in [0.25, 0.3) is 0 Å². The van der Waals surface area contributed by atoms with Gasteiger partial charge in [0.05, 0.1) is 6.42 Å². The van der Waals surface area contributed by atoms with Gasteiger partial charge in [-0.25, -0.2) is 0 Å². The molecule has 0 radical (unpaired) electrons. The molecule has 1 heterocycles. The van der Waals surface area contributed by atoms with Crippen LogP contribution in [0.15, 0.2) is 54.8 Å². The zero-order valence-electron chi connectivity index (χ0n) is 11.8. The van der Waals surface area contributed by atoms with Crippen molar-refractivity contribution in [3.05, 3.63) is 60.3 Å². The largest absolute Gasteiger partial charge is 0.361 e. The standard InChI is InChI=1S/C17H20N2O/c1-3-13(4-2)11-17(20)18-10-9-14-12-19-16-8-6-5-7-15(14)16/h3-8,12,19H,1,9-11H2,2H3,(H,18,20)/b13-4+. The molecule has 0 aliphatic carbocycles. The molecule has 0 atom stereocenters. The normalized spacial score (nSPS) is 11.6. The highest BCUT2D eigenvalue weighted by molar-refractivity contribution is 5.83. The molecule has 3 nitrogen and oxygen atoms in total. The molecule has 104 valence electrons. The summed E-state index contributed by atoms with van der Waals surface area (Å²) in [5, 5.41) is 4.17. The third-order valence-corrected chi connectivity index (χ3v) is 3.39. The molecule has 3 heteroatoms. The topological polar surface area (TPSA) is 44.9 Å². The second-order valence-corrected chi connectivity index (χ2v) is 4.70. The summed E-state index contributed by atoms with van der Waals surface area (Å²) in [5.74, 6) is 0.0397. The quantitative estimate of drug-likeness (QED) is 0.775. The zero-order chi connectivity index (χ0) is 14.4. The van der Waals surface area contributed by atoms with Crippen LogP contribution in [-0.4, -0.2) is 17.4 Å². The van der Waals surface area contributed by atoms with Crippen LogP contribution >= 0.6 is 0 Å². The summed E-state index contributed by atoms with van der Waals surface area (Å²) in [6, 6.07) is 8.19. The van der Waals surface area contributed by atoms with Crippen molar-refractivity contribution in [3.8, 4) is 0 Å². The highest BCUT2D eigenvalue weighted by Crippen LogP contribution is 2.17. The average molecular weight is 268 g/mol. The van der Waals surface area contributed by atoms with Crippen molar-refractivity contribution in [3.63, 3.8) is 0 Å². The maximum Gasteiger partial charge on any atom is 0.224 e. The first-order chi connectivity index (χ1) is 9.74. The molecule has 0 aliphatic rings. The number of benzene rings is 1. The van der Waals surface area contributed by atoms with E-state index in [1.54, 1.807) is 6.08 Å². The van der Waals surface area contributed by atoms with Crippen LogP contribution in [-0.2, 0) is 11.2 Å². The summed E-state index contributed by atoms with van der Waals surface area (Å²) in [6.07, 6.45) is 6.87. The predicted octanol–water partition coefficient (Wildman–Crippen LogP) is 3.35. The smallest absolute Gasteiger partial charge is 0.224 e. The summed E-state index contributed by atoms with van der Waals surface area (Å²) in [5.41, 5.74) is 3.32. The lowest BCUT2D eigenvalue weighted by Crippen LogP contribution is -2.25. The first kappa shape index (κ1) is 14.1. The van der Waals surface area contributed by atoms with Crippen molar-refractivity contribution >= 4 is 16.8 Å². The minimum absolute atomic E-state index is 0.0397. The van der Waals surface area contributed by atoms with Gasteiger partial charge in [-0.3, -0.25) is 4.79 Å². The van der Waals surface area contributed by atoms with Gasteiger partial charge in [-0.05, 0) is 30.5 Å². The Labute approximate surface area is 119 Å². The Balaban J connectivity index is 1.87. The molecule has 1 aromatic carbocycles. The van der Waals surface area contributed by atoms with Crippen LogP contribution in [0.5, 0.6) is 0 Å². The van der Waals surface area contributed by atoms with Crippen LogP contribution < -0.4 is 5.32 Å². The van der Waals surface area contributed by atoms with E-state index in [-0.39, 0.29) is 5.91 Å². The van der Waals surface area contributed by atoms with E-state index in [2.05, 4.69) is 29.0 Å². The molecular weight excluding hydrogens is 248 g/mol. The zero-order valence-corrected chi connectivity index (χ0v) is 11.8. The number of para-hydroxylation sites is 1. The second-order valence-electron chi connectivity index (χ2n) is 4.70. The second kappa shape index (κ2) is 6.75. The number of aromatic nitrogens is 1. The Morgan fingerprint density at radius 1 is 1.40 bits per heavy atom. The van der Waals surface area contributed by atoms with E-state index in [0.29, 0.717) is 13.0 Å². The summed E-state index contributed by atoms with van der Waals surface area (Å²) < 4.78 is 0. The fraction of sp³-hybridized carbons (Fsp3) is 0.235. The van der Waals surface area contributed by atoms with E-state index < -0.39 is 0 Å². The molecule has 20 heavy (non-hydrogen) atoms. The first-order valence-electron chi connectivity index (χ1n) is 6.84. The lowest BCUT2D eigenvalue weighted by Gasteiger charge is -2.05. The first-order valence-corrected chi connectivity index (χ1v) is 6.84. The Morgan fingerprint density at radius 2 is 2.20 bits per heavy atom. The molecule has 0 spiro atoms. The van der Waals surface area contributed by atoms with Crippen LogP contribution in [0.2, 0.25) is 0 Å². The third-order valence-electron chi connectivity index (χ3n) is 3.39. The fourth-order valence-electron chi connectivity index (χ4n) is 2.22. The van der Waals surface area contributed by atoms with Gasteiger partial charge in [-0.15, -0.1) is 0 Å². The van der Waals surface area contributed by atoms with Crippen molar-refractivity contribution in [2.24, 2.45) is 0 Å². The Morgan fingerprint density at radius 3 is 2.95 bits per heavy atom. The van der Waals surface area contributed by atoms with E-state index in [1.165, 1.54) is 10.9 Å². The van der Waals surface area contributed by atoms with Gasteiger partial charge >= 0.3 is 0 Å². The molecule has 0 aliphatic heterocycles. The van der Waals surface area contributed by atoms with E-state index in [9.17, 15) is 4.79 Å². The Hall–Kier alpha value is -2.29. The van der Waals surface area contributed by atoms with Gasteiger partial charge in [-0.2, -0.15) is 0 Å². The molecule has 2 rings (SSSR count). The van der Waals surface area contributed by atoms with Crippen molar-refractivity contribution < 1.29 is 4.79 Å². The van der Waals surface area contributed by atoms with Gasteiger partial charge in [0.1, 0.15) is 0 Å². The number of carbonyl (C=O) groups excluding carboxylic acids is 1. The van der Waals surface area contributed by atoms with Crippen LogP contribution in [0.1, 0.15) is 18.9 Å². The highest BCUT2D eigenvalue weighted by Gasteiger charge is 2.05. The number of hydrogen-bond donors (Lipinski definition) is 2. The molecule has 2 N–H and O–H groups in total.